The fraction of sp³-hybridized carbons (Fsp3) is 0. The summed E-state index contributed by atoms with van der Waals surface area (Å²) in [5.74, 6) is -2.87. The lowest BCUT2D eigenvalue weighted by molar-refractivity contribution is -0.137. The van der Waals surface area contributed by atoms with Crippen LogP contribution in [0.4, 0.5) is 0 Å². The van der Waals surface area contributed by atoms with Crippen LogP contribution in [0.15, 0.2) is 60.7 Å². The van der Waals surface area contributed by atoms with Crippen LogP contribution in [-0.2, 0) is 9.59 Å². The van der Waals surface area contributed by atoms with Crippen LogP contribution >= 0.6 is 0 Å². The van der Waals surface area contributed by atoms with Gasteiger partial charge in [0.1, 0.15) is 0 Å². The molecule has 0 saturated carbocycles. The Morgan fingerprint density at radius 1 is 0.880 bits per heavy atom. The van der Waals surface area contributed by atoms with E-state index in [1.807, 2.05) is 41.8 Å². The van der Waals surface area contributed by atoms with Gasteiger partial charge in [0.05, 0.1) is 16.8 Å². The molecule has 2 aromatic carbocycles. The molecule has 1 aromatic heterocycles. The van der Waals surface area contributed by atoms with Crippen molar-refractivity contribution in [3.63, 3.8) is 0 Å². The number of pyridine rings is 1. The molecule has 0 saturated heterocycles. The van der Waals surface area contributed by atoms with Crippen molar-refractivity contribution in [1.82, 2.24) is 15.8 Å². The number of nitrogens with one attached hydrogen (secondary N) is 2. The summed E-state index contributed by atoms with van der Waals surface area (Å²) < 4.78 is 0. The van der Waals surface area contributed by atoms with Crippen LogP contribution in [0, 0.1) is 0 Å². The van der Waals surface area contributed by atoms with Gasteiger partial charge in [0.2, 0.25) is 0 Å². The lowest BCUT2D eigenvalue weighted by Gasteiger charge is -2.10. The third kappa shape index (κ3) is 3.45. The van der Waals surface area contributed by atoms with Gasteiger partial charge in [-0.25, -0.2) is 4.98 Å². The molecule has 7 nitrogen and oxygen atoms in total. The second-order valence-electron chi connectivity index (χ2n) is 5.21. The van der Waals surface area contributed by atoms with Crippen LogP contribution in [0.3, 0.4) is 0 Å². The van der Waals surface area contributed by atoms with Gasteiger partial charge < -0.3 is 5.73 Å². The Morgan fingerprint density at radius 3 is 2.28 bits per heavy atom. The number of aromatic nitrogens is 1. The second kappa shape index (κ2) is 6.79. The molecule has 3 rings (SSSR count). The van der Waals surface area contributed by atoms with Crippen LogP contribution in [-0.4, -0.2) is 22.7 Å². The molecule has 0 bridgehead atoms. The number of amides is 3. The molecule has 124 valence electrons. The highest BCUT2D eigenvalue weighted by Crippen LogP contribution is 2.24. The molecule has 25 heavy (non-hydrogen) atoms. The predicted molar refractivity (Wildman–Crippen MR) is 92.0 cm³/mol. The Bertz CT molecular complexity index is 970. The van der Waals surface area contributed by atoms with Crippen LogP contribution in [0.5, 0.6) is 0 Å². The van der Waals surface area contributed by atoms with Crippen LogP contribution < -0.4 is 16.6 Å². The minimum absolute atomic E-state index is 0.314. The smallest absolute Gasteiger partial charge is 0.327 e. The highest BCUT2D eigenvalue weighted by Gasteiger charge is 2.15. The zero-order valence-electron chi connectivity index (χ0n) is 13.0. The number of carbonyl (C=O) groups excluding carboxylic acids is 3. The summed E-state index contributed by atoms with van der Waals surface area (Å²) in [6.45, 7) is 0. The van der Waals surface area contributed by atoms with Crippen molar-refractivity contribution in [3.8, 4) is 11.3 Å². The number of carbonyl (C=O) groups is 3. The largest absolute Gasteiger partial charge is 0.361 e. The molecular weight excluding hydrogens is 320 g/mol. The minimum atomic E-state index is -1.19. The molecule has 0 spiro atoms. The van der Waals surface area contributed by atoms with E-state index in [0.29, 0.717) is 22.2 Å². The van der Waals surface area contributed by atoms with Crippen molar-refractivity contribution in [1.29, 1.82) is 0 Å². The van der Waals surface area contributed by atoms with Crippen molar-refractivity contribution in [2.24, 2.45) is 5.73 Å². The Balaban J connectivity index is 2.02. The first-order chi connectivity index (χ1) is 12.1. The summed E-state index contributed by atoms with van der Waals surface area (Å²) in [5, 5.41) is 0.619. The van der Waals surface area contributed by atoms with Gasteiger partial charge in [-0.1, -0.05) is 48.5 Å². The van der Waals surface area contributed by atoms with Crippen LogP contribution in [0.1, 0.15) is 10.4 Å². The molecule has 0 aliphatic carbocycles. The maximum absolute atomic E-state index is 12.5. The van der Waals surface area contributed by atoms with E-state index < -0.39 is 17.7 Å². The van der Waals surface area contributed by atoms with Crippen molar-refractivity contribution in [2.45, 2.75) is 0 Å². The van der Waals surface area contributed by atoms with Gasteiger partial charge in [-0.15, -0.1) is 0 Å². The first kappa shape index (κ1) is 16.1. The molecule has 0 fully saturated rings. The number of hydrogen-bond acceptors (Lipinski definition) is 4. The molecule has 0 atom stereocenters. The van der Waals surface area contributed by atoms with E-state index in [-0.39, 0.29) is 0 Å². The average molecular weight is 334 g/mol. The number of para-hydroxylation sites is 1. The molecular formula is C18H14N4O3. The summed E-state index contributed by atoms with van der Waals surface area (Å²) in [5.41, 5.74) is 11.4. The first-order valence-corrected chi connectivity index (χ1v) is 7.41. The predicted octanol–water partition coefficient (Wildman–Crippen LogP) is 1.15. The molecule has 0 aliphatic rings. The van der Waals surface area contributed by atoms with Gasteiger partial charge in [0.15, 0.2) is 0 Å². The van der Waals surface area contributed by atoms with E-state index >= 15 is 0 Å². The topological polar surface area (TPSA) is 114 Å². The summed E-state index contributed by atoms with van der Waals surface area (Å²) >= 11 is 0. The maximum atomic E-state index is 12.5. The van der Waals surface area contributed by atoms with E-state index in [0.717, 1.165) is 5.56 Å². The molecule has 3 aromatic rings. The lowest BCUT2D eigenvalue weighted by atomic mass is 10.0. The fourth-order valence-electron chi connectivity index (χ4n) is 2.36. The van der Waals surface area contributed by atoms with Gasteiger partial charge in [-0.05, 0) is 12.1 Å². The lowest BCUT2D eigenvalue weighted by Crippen LogP contribution is -2.47. The maximum Gasteiger partial charge on any atom is 0.327 e. The van der Waals surface area contributed by atoms with E-state index in [9.17, 15) is 14.4 Å². The number of primary amides is 1. The average Bonchev–Trinajstić information content (AvgIpc) is 2.65. The van der Waals surface area contributed by atoms with Crippen molar-refractivity contribution < 1.29 is 14.4 Å². The van der Waals surface area contributed by atoms with E-state index in [1.54, 1.807) is 24.3 Å². The Hall–Kier alpha value is -3.74. The molecule has 7 heteroatoms. The van der Waals surface area contributed by atoms with Crippen molar-refractivity contribution >= 4 is 28.6 Å². The molecule has 0 aliphatic heterocycles. The van der Waals surface area contributed by atoms with Crippen LogP contribution in [0.25, 0.3) is 22.2 Å². The van der Waals surface area contributed by atoms with Crippen molar-refractivity contribution in [3.05, 3.63) is 66.2 Å². The Morgan fingerprint density at radius 2 is 1.56 bits per heavy atom. The molecule has 4 N–H and O–H groups in total. The minimum Gasteiger partial charge on any atom is -0.361 e. The number of nitrogens with zero attached hydrogens (tertiary/aromatic N) is 1. The van der Waals surface area contributed by atoms with Gasteiger partial charge in [-0.2, -0.15) is 0 Å². The zero-order chi connectivity index (χ0) is 17.8. The van der Waals surface area contributed by atoms with Gasteiger partial charge >= 0.3 is 11.8 Å². The quantitative estimate of drug-likeness (QED) is 0.482. The van der Waals surface area contributed by atoms with Gasteiger partial charge in [-0.3, -0.25) is 25.2 Å². The van der Waals surface area contributed by atoms with Gasteiger partial charge in [0.25, 0.3) is 5.91 Å². The summed E-state index contributed by atoms with van der Waals surface area (Å²) in [6.07, 6.45) is 0. The van der Waals surface area contributed by atoms with E-state index in [1.165, 1.54) is 0 Å². The number of rotatable bonds is 2. The number of nitrogens with two attached hydrogens (primary N) is 1. The van der Waals surface area contributed by atoms with Crippen LogP contribution in [0.2, 0.25) is 0 Å². The van der Waals surface area contributed by atoms with E-state index in [2.05, 4.69) is 10.4 Å². The molecule has 3 amide bonds. The third-order valence-electron chi connectivity index (χ3n) is 3.54. The number of fused-ring (bicyclic) bond motifs is 1. The summed E-state index contributed by atoms with van der Waals surface area (Å²) in [7, 11) is 0. The fourth-order valence-corrected chi connectivity index (χ4v) is 2.36. The second-order valence-corrected chi connectivity index (χ2v) is 5.21. The molecule has 1 heterocycles. The van der Waals surface area contributed by atoms with E-state index in [4.69, 9.17) is 5.73 Å². The molecule has 0 unspecified atom stereocenters. The normalized spacial score (nSPS) is 10.2. The number of hydrogen-bond donors (Lipinski definition) is 3. The summed E-state index contributed by atoms with van der Waals surface area (Å²) in [6, 6.07) is 18.2. The Labute approximate surface area is 142 Å². The monoisotopic (exact) mass is 334 g/mol. The highest BCUT2D eigenvalue weighted by molar-refractivity contribution is 6.34. The van der Waals surface area contributed by atoms with Gasteiger partial charge in [0, 0.05) is 10.9 Å². The SMILES string of the molecule is NC(=O)C(=O)NNC(=O)c1cc(-c2ccccc2)nc2ccccc12. The third-order valence-corrected chi connectivity index (χ3v) is 3.54. The molecule has 0 radical (unpaired) electrons. The Kier molecular flexibility index (Phi) is 4.38. The highest BCUT2D eigenvalue weighted by atomic mass is 16.2. The summed E-state index contributed by atoms with van der Waals surface area (Å²) in [4.78, 5) is 39.0. The standard InChI is InChI=1S/C18H14N4O3/c19-16(23)18(25)22-21-17(24)13-10-15(11-6-2-1-3-7-11)20-14-9-5-4-8-12(13)14/h1-10H,(H2,19,23)(H,21,24)(H,22,25). The number of hydrazine groups is 1. The zero-order valence-corrected chi connectivity index (χ0v) is 13.0. The van der Waals surface area contributed by atoms with Crippen molar-refractivity contribution in [2.75, 3.05) is 0 Å². The number of benzene rings is 2. The first-order valence-electron chi connectivity index (χ1n) is 7.41.